The number of hydrogen-bond donors (Lipinski definition) is 7. The Morgan fingerprint density at radius 3 is 2.73 bits per heavy atom. The number of nitrogens with zero attached hydrogens (tertiary/aromatic N) is 3. The summed E-state index contributed by atoms with van der Waals surface area (Å²) in [6, 6.07) is 6.09. The molecule has 4 aliphatic rings. The van der Waals surface area contributed by atoms with E-state index in [2.05, 4.69) is 20.6 Å². The minimum absolute atomic E-state index is 0.0136. The van der Waals surface area contributed by atoms with Crippen molar-refractivity contribution in [2.75, 3.05) is 19.6 Å². The van der Waals surface area contributed by atoms with Crippen molar-refractivity contribution >= 4 is 29.8 Å². The molecule has 2 saturated heterocycles. The molecule has 5 rings (SSSR count). The van der Waals surface area contributed by atoms with Crippen LogP contribution in [0.15, 0.2) is 29.3 Å². The number of guanidine groups is 2. The molecule has 14 heteroatoms. The Morgan fingerprint density at radius 1 is 1.30 bits per heavy atom. The van der Waals surface area contributed by atoms with E-state index in [1.165, 1.54) is 4.90 Å². The molecule has 1 aromatic rings. The minimum Gasteiger partial charge on any atom is -0.438 e. The van der Waals surface area contributed by atoms with E-state index in [1.807, 2.05) is 31.2 Å². The van der Waals surface area contributed by atoms with Crippen molar-refractivity contribution in [3.8, 4) is 0 Å². The van der Waals surface area contributed by atoms with Crippen molar-refractivity contribution in [2.45, 2.75) is 55.8 Å². The molecule has 4 atom stereocenters. The van der Waals surface area contributed by atoms with E-state index >= 15 is 0 Å². The topological polar surface area (TPSA) is 210 Å². The zero-order chi connectivity index (χ0) is 26.5. The maximum absolute atomic E-state index is 12.6. The zero-order valence-corrected chi connectivity index (χ0v) is 20.3. The fraction of sp³-hybridized carbons (Fsp3) is 0.522. The lowest BCUT2D eigenvalue weighted by Gasteiger charge is -2.46. The number of nitrogens with two attached hydrogens (primary N) is 2. The van der Waals surface area contributed by atoms with Crippen molar-refractivity contribution in [2.24, 2.45) is 16.5 Å². The molecule has 3 amide bonds. The average Bonchev–Trinajstić information content (AvgIpc) is 3.42. The van der Waals surface area contributed by atoms with Gasteiger partial charge in [0.05, 0.1) is 13.1 Å². The largest absolute Gasteiger partial charge is 0.438 e. The summed E-state index contributed by atoms with van der Waals surface area (Å²) < 4.78 is 5.43. The number of ether oxygens (including phenoxy) is 1. The van der Waals surface area contributed by atoms with Gasteiger partial charge < -0.3 is 26.0 Å². The van der Waals surface area contributed by atoms with Crippen LogP contribution in [-0.2, 0) is 20.7 Å². The van der Waals surface area contributed by atoms with Crippen molar-refractivity contribution in [1.82, 2.24) is 20.4 Å². The van der Waals surface area contributed by atoms with E-state index < -0.39 is 35.7 Å². The SMILES string of the molecule is Cc1cccc(CCNC(=O)O[C@H]2CN3C(N)=N[C@@H](CN4C(=O)CCC4=O)[C@@H]4[NH+]=C(N)N[C@@]43C2(O)O)c1. The number of rotatable bonds is 6. The Hall–Kier alpha value is -3.91. The molecule has 14 nitrogen and oxygen atoms in total. The van der Waals surface area contributed by atoms with E-state index in [0.29, 0.717) is 6.42 Å². The second kappa shape index (κ2) is 8.88. The first-order valence-electron chi connectivity index (χ1n) is 12.1. The molecule has 37 heavy (non-hydrogen) atoms. The predicted octanol–water partition coefficient (Wildman–Crippen LogP) is -4.46. The van der Waals surface area contributed by atoms with Gasteiger partial charge in [-0.1, -0.05) is 29.8 Å². The summed E-state index contributed by atoms with van der Waals surface area (Å²) in [5.74, 6) is -3.43. The van der Waals surface area contributed by atoms with E-state index in [9.17, 15) is 24.6 Å². The summed E-state index contributed by atoms with van der Waals surface area (Å²) in [6.07, 6.45) is -1.50. The number of carbonyl (C=O) groups is 3. The molecule has 0 aromatic heterocycles. The van der Waals surface area contributed by atoms with Crippen LogP contribution in [0.3, 0.4) is 0 Å². The standard InChI is InChI=1S/C23H30N8O6/c1-12-3-2-4-13(9-12)7-8-26-21(34)37-15-11-31-20(25)27-14(10-30-16(32)5-6-17(30)33)18-22(31,23(15,35)36)29-19(24)28-18/h2-4,9,14-15,18,35-36H,5-8,10-11H2,1H3,(H2,25,27)(H,26,34)(H3,24,28,29)/p+1/t14-,15-,18-,22-/m0/s1. The fourth-order valence-electron chi connectivity index (χ4n) is 5.62. The van der Waals surface area contributed by atoms with Gasteiger partial charge in [-0.05, 0) is 18.9 Å². The van der Waals surface area contributed by atoms with Gasteiger partial charge in [0.2, 0.25) is 11.8 Å². The molecule has 2 fully saturated rings. The number of hydrogen-bond acceptors (Lipinski definition) is 11. The van der Waals surface area contributed by atoms with Gasteiger partial charge >= 0.3 is 12.1 Å². The highest BCUT2D eigenvalue weighted by atomic mass is 16.6. The molecule has 9 N–H and O–H groups in total. The van der Waals surface area contributed by atoms with E-state index in [1.54, 1.807) is 0 Å². The summed E-state index contributed by atoms with van der Waals surface area (Å²) in [4.78, 5) is 46.8. The van der Waals surface area contributed by atoms with Crippen LogP contribution in [0.25, 0.3) is 0 Å². The first-order valence-corrected chi connectivity index (χ1v) is 12.1. The van der Waals surface area contributed by atoms with Crippen molar-refractivity contribution in [1.29, 1.82) is 0 Å². The molecule has 0 unspecified atom stereocenters. The molecule has 4 heterocycles. The van der Waals surface area contributed by atoms with Crippen molar-refractivity contribution in [3.05, 3.63) is 35.4 Å². The molecule has 1 aromatic carbocycles. The van der Waals surface area contributed by atoms with Crippen LogP contribution in [-0.4, -0.2) is 99.1 Å². The van der Waals surface area contributed by atoms with Crippen LogP contribution in [0.5, 0.6) is 0 Å². The second-order valence-electron chi connectivity index (χ2n) is 9.78. The second-order valence-corrected chi connectivity index (χ2v) is 9.78. The highest BCUT2D eigenvalue weighted by molar-refractivity contribution is 6.02. The third-order valence-electron chi connectivity index (χ3n) is 7.37. The first kappa shape index (κ1) is 24.8. The number of aryl methyl sites for hydroxylation is 1. The number of likely N-dealkylation sites (tertiary alicyclic amines) is 1. The molecule has 1 spiro atoms. The van der Waals surface area contributed by atoms with Crippen molar-refractivity contribution in [3.63, 3.8) is 0 Å². The summed E-state index contributed by atoms with van der Waals surface area (Å²) in [6.45, 7) is 1.94. The van der Waals surface area contributed by atoms with Crippen molar-refractivity contribution < 1.29 is 34.3 Å². The van der Waals surface area contributed by atoms with Gasteiger partial charge in [-0.2, -0.15) is 0 Å². The number of alkyl carbamates (subject to hydrolysis) is 1. The number of carbonyl (C=O) groups excluding carboxylic acids is 3. The number of amides is 3. The van der Waals surface area contributed by atoms with Crippen LogP contribution in [0.1, 0.15) is 24.0 Å². The van der Waals surface area contributed by atoms with Crippen LogP contribution >= 0.6 is 0 Å². The van der Waals surface area contributed by atoms with Gasteiger partial charge in [-0.3, -0.25) is 30.1 Å². The molecule has 0 radical (unpaired) electrons. The maximum atomic E-state index is 12.6. The monoisotopic (exact) mass is 515 g/mol. The predicted molar refractivity (Wildman–Crippen MR) is 128 cm³/mol. The summed E-state index contributed by atoms with van der Waals surface area (Å²) in [5, 5.41) is 28.3. The van der Waals surface area contributed by atoms with Gasteiger partial charge in [0, 0.05) is 19.4 Å². The molecule has 0 saturated carbocycles. The van der Waals surface area contributed by atoms with E-state index in [4.69, 9.17) is 16.2 Å². The highest BCUT2D eigenvalue weighted by Crippen LogP contribution is 2.42. The Morgan fingerprint density at radius 2 is 2.03 bits per heavy atom. The van der Waals surface area contributed by atoms with Gasteiger partial charge in [-0.15, -0.1) is 0 Å². The first-order chi connectivity index (χ1) is 17.5. The third-order valence-corrected chi connectivity index (χ3v) is 7.37. The fourth-order valence-corrected chi connectivity index (χ4v) is 5.62. The van der Waals surface area contributed by atoms with E-state index in [-0.39, 0.29) is 56.2 Å². The van der Waals surface area contributed by atoms with Crippen LogP contribution in [0.2, 0.25) is 0 Å². The Kier molecular flexibility index (Phi) is 5.95. The molecule has 0 bridgehead atoms. The maximum Gasteiger partial charge on any atom is 0.407 e. The molecule has 198 valence electrons. The van der Waals surface area contributed by atoms with Gasteiger partial charge in [-0.25, -0.2) is 15.1 Å². The molecule has 0 aliphatic carbocycles. The van der Waals surface area contributed by atoms with E-state index in [0.717, 1.165) is 16.0 Å². The number of aliphatic imine (C=N–C) groups is 1. The summed E-state index contributed by atoms with van der Waals surface area (Å²) >= 11 is 0. The smallest absolute Gasteiger partial charge is 0.407 e. The molecule has 4 aliphatic heterocycles. The number of aliphatic hydroxyl groups is 2. The Labute approximate surface area is 212 Å². The summed E-state index contributed by atoms with van der Waals surface area (Å²) in [7, 11) is 0. The Bertz CT molecular complexity index is 1190. The normalized spacial score (nSPS) is 29.9. The zero-order valence-electron chi connectivity index (χ0n) is 20.3. The number of nitrogens with one attached hydrogen (secondary N) is 3. The third kappa shape index (κ3) is 4.01. The van der Waals surface area contributed by atoms with Gasteiger partial charge in [0.25, 0.3) is 11.4 Å². The van der Waals surface area contributed by atoms with Crippen LogP contribution in [0, 0.1) is 6.92 Å². The molecular formula is C23H31N8O6+. The number of benzene rings is 1. The number of imide groups is 1. The lowest BCUT2D eigenvalue weighted by atomic mass is 9.85. The summed E-state index contributed by atoms with van der Waals surface area (Å²) in [5.41, 5.74) is 12.6. The van der Waals surface area contributed by atoms with Crippen LogP contribution < -0.4 is 27.1 Å². The van der Waals surface area contributed by atoms with Gasteiger partial charge in [0.15, 0.2) is 18.1 Å². The minimum atomic E-state index is -2.68. The average molecular weight is 516 g/mol. The lowest BCUT2D eigenvalue weighted by molar-refractivity contribution is -0.522. The van der Waals surface area contributed by atoms with Crippen LogP contribution in [0.4, 0.5) is 4.79 Å². The molecular weight excluding hydrogens is 484 g/mol. The Balaban J connectivity index is 1.32. The van der Waals surface area contributed by atoms with Gasteiger partial charge in [0.1, 0.15) is 6.04 Å². The quantitative estimate of drug-likeness (QED) is 0.143. The highest BCUT2D eigenvalue weighted by Gasteiger charge is 2.77. The lowest BCUT2D eigenvalue weighted by Crippen LogP contribution is -2.90.